The van der Waals surface area contributed by atoms with Gasteiger partial charge in [-0.05, 0) is 29.0 Å². The predicted molar refractivity (Wildman–Crippen MR) is 66.6 cm³/mol. The van der Waals surface area contributed by atoms with E-state index in [1.807, 2.05) is 18.2 Å². The molecule has 0 amide bonds. The lowest BCUT2D eigenvalue weighted by Crippen LogP contribution is -2.20. The van der Waals surface area contributed by atoms with Crippen LogP contribution in [0, 0.1) is 0 Å². The van der Waals surface area contributed by atoms with Crippen LogP contribution >= 0.6 is 0 Å². The van der Waals surface area contributed by atoms with Gasteiger partial charge >= 0.3 is 0 Å². The van der Waals surface area contributed by atoms with Crippen molar-refractivity contribution in [3.05, 3.63) is 30.3 Å². The van der Waals surface area contributed by atoms with E-state index in [-0.39, 0.29) is 0 Å². The van der Waals surface area contributed by atoms with Crippen LogP contribution in [0.5, 0.6) is 0 Å². The number of rotatable bonds is 5. The van der Waals surface area contributed by atoms with Gasteiger partial charge in [0.2, 0.25) is 5.95 Å². The molecule has 2 N–H and O–H groups in total. The van der Waals surface area contributed by atoms with E-state index in [9.17, 15) is 0 Å². The molecule has 0 aliphatic heterocycles. The fourth-order valence-corrected chi connectivity index (χ4v) is 1.64. The third-order valence-electron chi connectivity index (χ3n) is 2.62. The highest BCUT2D eigenvalue weighted by atomic mass is 15.6. The molecule has 0 fully saturated rings. The number of hydrogen-bond donors (Lipinski definition) is 1. The highest BCUT2D eigenvalue weighted by molar-refractivity contribution is 5.44. The molecular weight excluding hydrogens is 216 g/mol. The summed E-state index contributed by atoms with van der Waals surface area (Å²) in [5, 5.41) is 10.9. The number of aryl methyl sites for hydroxylation is 1. The predicted octanol–water partition coefficient (Wildman–Crippen LogP) is 0.782. The quantitative estimate of drug-likeness (QED) is 0.824. The minimum absolute atomic E-state index is 0.368. The van der Waals surface area contributed by atoms with E-state index in [0.29, 0.717) is 5.95 Å². The second-order valence-corrected chi connectivity index (χ2v) is 3.87. The second-order valence-electron chi connectivity index (χ2n) is 3.87. The summed E-state index contributed by atoms with van der Waals surface area (Å²) in [6, 6.07) is 10.3. The van der Waals surface area contributed by atoms with Gasteiger partial charge in [-0.1, -0.05) is 23.3 Å². The number of benzene rings is 1. The Kier molecular flexibility index (Phi) is 3.54. The van der Waals surface area contributed by atoms with Crippen molar-refractivity contribution in [2.75, 3.05) is 24.2 Å². The molecule has 2 rings (SSSR count). The fraction of sp³-hybridized carbons (Fsp3) is 0.364. The zero-order valence-corrected chi connectivity index (χ0v) is 9.82. The molecular formula is C11H16N6. The van der Waals surface area contributed by atoms with E-state index in [2.05, 4.69) is 39.6 Å². The van der Waals surface area contributed by atoms with Gasteiger partial charge in [-0.15, -0.1) is 0 Å². The van der Waals surface area contributed by atoms with E-state index in [0.717, 1.165) is 19.5 Å². The topological polar surface area (TPSA) is 72.9 Å². The summed E-state index contributed by atoms with van der Waals surface area (Å²) in [6.45, 7) is 1.67. The van der Waals surface area contributed by atoms with Crippen molar-refractivity contribution in [1.82, 2.24) is 20.2 Å². The van der Waals surface area contributed by atoms with Crippen LogP contribution in [0.1, 0.15) is 6.42 Å². The van der Waals surface area contributed by atoms with Gasteiger partial charge in [0.05, 0.1) is 0 Å². The molecule has 0 atom stereocenters. The molecule has 0 unspecified atom stereocenters. The average molecular weight is 232 g/mol. The molecule has 6 heteroatoms. The molecule has 17 heavy (non-hydrogen) atoms. The van der Waals surface area contributed by atoms with Gasteiger partial charge < -0.3 is 10.6 Å². The van der Waals surface area contributed by atoms with Crippen molar-refractivity contribution < 1.29 is 0 Å². The van der Waals surface area contributed by atoms with E-state index >= 15 is 0 Å². The first kappa shape index (κ1) is 11.4. The van der Waals surface area contributed by atoms with E-state index in [1.54, 1.807) is 4.68 Å². The van der Waals surface area contributed by atoms with Crippen molar-refractivity contribution in [3.8, 4) is 0 Å². The minimum atomic E-state index is 0.368. The second kappa shape index (κ2) is 5.29. The Labute approximate surface area is 100 Å². The summed E-state index contributed by atoms with van der Waals surface area (Å²) < 4.78 is 1.61. The Morgan fingerprint density at radius 1 is 1.29 bits per heavy atom. The number of tetrazole rings is 1. The maximum atomic E-state index is 5.58. The molecule has 0 saturated heterocycles. The third-order valence-corrected chi connectivity index (χ3v) is 2.62. The first-order valence-corrected chi connectivity index (χ1v) is 5.55. The SMILES string of the molecule is CN(CCCn1nnnc1N)c1ccccc1. The molecule has 0 aliphatic carbocycles. The van der Waals surface area contributed by atoms with Crippen LogP contribution < -0.4 is 10.6 Å². The van der Waals surface area contributed by atoms with E-state index < -0.39 is 0 Å². The smallest absolute Gasteiger partial charge is 0.240 e. The van der Waals surface area contributed by atoms with Crippen LogP contribution in [0.4, 0.5) is 11.6 Å². The molecule has 0 spiro atoms. The third kappa shape index (κ3) is 2.93. The molecule has 2 aromatic rings. The Hall–Kier alpha value is -2.11. The Balaban J connectivity index is 1.81. The van der Waals surface area contributed by atoms with Gasteiger partial charge in [0.15, 0.2) is 0 Å². The van der Waals surface area contributed by atoms with Gasteiger partial charge in [0, 0.05) is 25.8 Å². The lowest BCUT2D eigenvalue weighted by Gasteiger charge is -2.18. The molecule has 0 radical (unpaired) electrons. The first-order valence-electron chi connectivity index (χ1n) is 5.55. The van der Waals surface area contributed by atoms with Crippen LogP contribution in [0.15, 0.2) is 30.3 Å². The van der Waals surface area contributed by atoms with Crippen molar-refractivity contribution in [3.63, 3.8) is 0 Å². The van der Waals surface area contributed by atoms with Crippen molar-refractivity contribution in [2.24, 2.45) is 0 Å². The molecule has 1 heterocycles. The van der Waals surface area contributed by atoms with Gasteiger partial charge in [0.25, 0.3) is 0 Å². The summed E-state index contributed by atoms with van der Waals surface area (Å²) in [7, 11) is 2.07. The highest BCUT2D eigenvalue weighted by Gasteiger charge is 2.02. The maximum Gasteiger partial charge on any atom is 0.240 e. The zero-order chi connectivity index (χ0) is 12.1. The molecule has 90 valence electrons. The average Bonchev–Trinajstić information content (AvgIpc) is 2.76. The number of hydrogen-bond acceptors (Lipinski definition) is 5. The molecule has 1 aromatic heterocycles. The van der Waals surface area contributed by atoms with Crippen molar-refractivity contribution >= 4 is 11.6 Å². The summed E-state index contributed by atoms with van der Waals surface area (Å²) in [5.41, 5.74) is 6.79. The number of nitrogens with two attached hydrogens (primary N) is 1. The zero-order valence-electron chi connectivity index (χ0n) is 9.82. The van der Waals surface area contributed by atoms with Crippen LogP contribution in [-0.2, 0) is 6.54 Å². The minimum Gasteiger partial charge on any atom is -0.375 e. The molecule has 6 nitrogen and oxygen atoms in total. The van der Waals surface area contributed by atoms with Crippen molar-refractivity contribution in [2.45, 2.75) is 13.0 Å². The van der Waals surface area contributed by atoms with Crippen LogP contribution in [0.3, 0.4) is 0 Å². The molecule has 1 aromatic carbocycles. The first-order chi connectivity index (χ1) is 8.27. The van der Waals surface area contributed by atoms with Gasteiger partial charge in [-0.3, -0.25) is 0 Å². The summed E-state index contributed by atoms with van der Waals surface area (Å²) in [4.78, 5) is 2.19. The van der Waals surface area contributed by atoms with Gasteiger partial charge in [-0.2, -0.15) is 0 Å². The van der Waals surface area contributed by atoms with Gasteiger partial charge in [-0.25, -0.2) is 4.68 Å². The number of para-hydroxylation sites is 1. The monoisotopic (exact) mass is 232 g/mol. The largest absolute Gasteiger partial charge is 0.375 e. The van der Waals surface area contributed by atoms with Crippen LogP contribution in [0.2, 0.25) is 0 Å². The van der Waals surface area contributed by atoms with E-state index in [4.69, 9.17) is 5.73 Å². The van der Waals surface area contributed by atoms with Crippen LogP contribution in [-0.4, -0.2) is 33.8 Å². The summed E-state index contributed by atoms with van der Waals surface area (Å²) >= 11 is 0. The Morgan fingerprint density at radius 3 is 2.71 bits per heavy atom. The highest BCUT2D eigenvalue weighted by Crippen LogP contribution is 2.11. The lowest BCUT2D eigenvalue weighted by atomic mass is 10.3. The normalized spacial score (nSPS) is 10.4. The fourth-order valence-electron chi connectivity index (χ4n) is 1.64. The molecule has 0 saturated carbocycles. The standard InChI is InChI=1S/C11H16N6/c1-16(10-6-3-2-4-7-10)8-5-9-17-11(12)13-14-15-17/h2-4,6-7H,5,8-9H2,1H3,(H2,12,13,15). The summed E-state index contributed by atoms with van der Waals surface area (Å²) in [6.07, 6.45) is 0.945. The number of nitrogen functional groups attached to an aromatic ring is 1. The maximum absolute atomic E-state index is 5.58. The van der Waals surface area contributed by atoms with E-state index in [1.165, 1.54) is 5.69 Å². The Morgan fingerprint density at radius 2 is 2.06 bits per heavy atom. The number of aromatic nitrogens is 4. The lowest BCUT2D eigenvalue weighted by molar-refractivity contribution is 0.564. The molecule has 0 bridgehead atoms. The van der Waals surface area contributed by atoms with Crippen molar-refractivity contribution in [1.29, 1.82) is 0 Å². The molecule has 0 aliphatic rings. The summed E-state index contributed by atoms with van der Waals surface area (Å²) in [5.74, 6) is 0.368. The van der Waals surface area contributed by atoms with Gasteiger partial charge in [0.1, 0.15) is 0 Å². The Bertz CT molecular complexity index is 452. The van der Waals surface area contributed by atoms with Crippen LogP contribution in [0.25, 0.3) is 0 Å². The number of anilines is 2. The number of nitrogens with zero attached hydrogens (tertiary/aromatic N) is 5.